The fourth-order valence-corrected chi connectivity index (χ4v) is 4.27. The lowest BCUT2D eigenvalue weighted by Crippen LogP contribution is -2.46. The lowest BCUT2D eigenvalue weighted by molar-refractivity contribution is 0.0938. The molecule has 1 saturated heterocycles. The summed E-state index contributed by atoms with van der Waals surface area (Å²) in [4.78, 5) is 2.65. The van der Waals surface area contributed by atoms with Gasteiger partial charge in [-0.2, -0.15) is 5.26 Å². The zero-order valence-corrected chi connectivity index (χ0v) is 13.4. The van der Waals surface area contributed by atoms with Crippen LogP contribution in [0, 0.1) is 17.2 Å². The maximum Gasteiger partial charge on any atom is 0.0991 e. The van der Waals surface area contributed by atoms with Gasteiger partial charge in [0.1, 0.15) is 0 Å². The smallest absolute Gasteiger partial charge is 0.0991 e. The summed E-state index contributed by atoms with van der Waals surface area (Å²) in [6.45, 7) is 2.16. The molecule has 0 N–H and O–H groups in total. The summed E-state index contributed by atoms with van der Waals surface area (Å²) in [6, 6.07) is 20.0. The summed E-state index contributed by atoms with van der Waals surface area (Å²) in [5.41, 5.74) is 5.14. The van der Waals surface area contributed by atoms with E-state index in [1.165, 1.54) is 43.4 Å². The molecule has 2 aromatic carbocycles. The Bertz CT molecular complexity index is 744. The van der Waals surface area contributed by atoms with Gasteiger partial charge in [-0.1, -0.05) is 36.4 Å². The molecule has 23 heavy (non-hydrogen) atoms. The van der Waals surface area contributed by atoms with Gasteiger partial charge in [-0.3, -0.25) is 4.90 Å². The van der Waals surface area contributed by atoms with Gasteiger partial charge < -0.3 is 0 Å². The largest absolute Gasteiger partial charge is 0.296 e. The topological polar surface area (TPSA) is 27.0 Å². The fourth-order valence-electron chi connectivity index (χ4n) is 4.27. The number of nitriles is 1. The van der Waals surface area contributed by atoms with Crippen molar-refractivity contribution in [3.05, 3.63) is 70.8 Å². The summed E-state index contributed by atoms with van der Waals surface area (Å²) >= 11 is 0. The molecule has 0 saturated carbocycles. The molecule has 2 bridgehead atoms. The predicted octanol–water partition coefficient (Wildman–Crippen LogP) is 3.94. The van der Waals surface area contributed by atoms with Crippen molar-refractivity contribution in [1.82, 2.24) is 4.90 Å². The molecule has 0 amide bonds. The lowest BCUT2D eigenvalue weighted by Gasteiger charge is -2.42. The second-order valence-electron chi connectivity index (χ2n) is 7.02. The summed E-state index contributed by atoms with van der Waals surface area (Å²) in [7, 11) is 0. The van der Waals surface area contributed by atoms with Gasteiger partial charge in [-0.05, 0) is 60.4 Å². The number of hydrogen-bond acceptors (Lipinski definition) is 2. The molecule has 3 aliphatic rings. The van der Waals surface area contributed by atoms with Crippen molar-refractivity contribution in [3.8, 4) is 6.07 Å². The molecule has 0 aromatic heterocycles. The Morgan fingerprint density at radius 2 is 1.83 bits per heavy atom. The van der Waals surface area contributed by atoms with Crippen LogP contribution in [-0.2, 0) is 19.4 Å². The molecule has 1 fully saturated rings. The molecule has 2 heterocycles. The molecule has 0 radical (unpaired) electrons. The van der Waals surface area contributed by atoms with Crippen LogP contribution in [0.3, 0.4) is 0 Å². The second kappa shape index (κ2) is 6.18. The third kappa shape index (κ3) is 3.02. The zero-order valence-electron chi connectivity index (χ0n) is 13.4. The average Bonchev–Trinajstić information content (AvgIpc) is 2.56. The Morgan fingerprint density at radius 1 is 1.00 bits per heavy atom. The quantitative estimate of drug-likeness (QED) is 0.840. The first-order valence-electron chi connectivity index (χ1n) is 8.61. The Hall–Kier alpha value is -2.11. The van der Waals surface area contributed by atoms with Crippen LogP contribution in [-0.4, -0.2) is 17.5 Å². The molecule has 116 valence electrons. The molecule has 5 rings (SSSR count). The van der Waals surface area contributed by atoms with Crippen LogP contribution >= 0.6 is 0 Å². The minimum Gasteiger partial charge on any atom is -0.296 e. The monoisotopic (exact) mass is 302 g/mol. The average molecular weight is 302 g/mol. The number of hydrogen-bond donors (Lipinski definition) is 0. The molecule has 2 atom stereocenters. The second-order valence-corrected chi connectivity index (χ2v) is 7.02. The van der Waals surface area contributed by atoms with E-state index < -0.39 is 0 Å². The van der Waals surface area contributed by atoms with Crippen LogP contribution < -0.4 is 0 Å². The van der Waals surface area contributed by atoms with E-state index in [9.17, 15) is 0 Å². The summed E-state index contributed by atoms with van der Waals surface area (Å²) in [5.74, 6) is 0.770. The van der Waals surface area contributed by atoms with E-state index in [1.54, 1.807) is 5.56 Å². The number of rotatable bonds is 2. The molecule has 0 unspecified atom stereocenters. The van der Waals surface area contributed by atoms with E-state index >= 15 is 0 Å². The minimum absolute atomic E-state index is 0.637. The van der Waals surface area contributed by atoms with Gasteiger partial charge in [0.05, 0.1) is 11.6 Å². The minimum atomic E-state index is 0.637. The highest BCUT2D eigenvalue weighted by Crippen LogP contribution is 2.33. The number of piperidine rings is 1. The summed E-state index contributed by atoms with van der Waals surface area (Å²) < 4.78 is 0. The highest BCUT2D eigenvalue weighted by atomic mass is 15.2. The molecular formula is C21H22N2. The first kappa shape index (κ1) is 14.5. The highest BCUT2D eigenvalue weighted by Gasteiger charge is 2.31. The van der Waals surface area contributed by atoms with E-state index in [0.717, 1.165) is 18.0 Å². The van der Waals surface area contributed by atoms with E-state index in [2.05, 4.69) is 41.3 Å². The van der Waals surface area contributed by atoms with Crippen LogP contribution in [0.15, 0.2) is 48.5 Å². The van der Waals surface area contributed by atoms with Crippen molar-refractivity contribution >= 4 is 0 Å². The van der Waals surface area contributed by atoms with Gasteiger partial charge in [0.2, 0.25) is 0 Å². The Morgan fingerprint density at radius 3 is 2.65 bits per heavy atom. The van der Waals surface area contributed by atoms with E-state index in [1.807, 2.05) is 18.2 Å². The third-order valence-corrected chi connectivity index (χ3v) is 5.44. The Kier molecular flexibility index (Phi) is 3.89. The van der Waals surface area contributed by atoms with Crippen molar-refractivity contribution in [2.45, 2.75) is 38.3 Å². The van der Waals surface area contributed by atoms with Crippen molar-refractivity contribution < 1.29 is 0 Å². The van der Waals surface area contributed by atoms with Crippen molar-refractivity contribution in [2.75, 3.05) is 6.54 Å². The van der Waals surface area contributed by atoms with Crippen molar-refractivity contribution in [1.29, 1.82) is 5.26 Å². The van der Waals surface area contributed by atoms with Crippen molar-refractivity contribution in [3.63, 3.8) is 0 Å². The SMILES string of the molecule is N#Cc1cccc(CN2C[C@@H]3CC[C@@H]2Cc2ccccc2C3)c1. The predicted molar refractivity (Wildman–Crippen MR) is 91.9 cm³/mol. The first-order chi connectivity index (χ1) is 11.3. The fraction of sp³-hybridized carbons (Fsp3) is 0.381. The zero-order chi connectivity index (χ0) is 15.6. The third-order valence-electron chi connectivity index (χ3n) is 5.44. The van der Waals surface area contributed by atoms with Crippen LogP contribution in [0.25, 0.3) is 0 Å². The standard InChI is InChI=1S/C21H22N2/c22-13-16-4-3-5-17(10-16)14-23-15-18-8-9-21(23)12-20-7-2-1-6-19(20)11-18/h1-7,10,18,21H,8-9,11-12,14-15H2/t18-,21-/m1/s1. The molecule has 2 aromatic rings. The van der Waals surface area contributed by atoms with E-state index in [-0.39, 0.29) is 0 Å². The van der Waals surface area contributed by atoms with E-state index in [0.29, 0.717) is 6.04 Å². The number of benzene rings is 2. The van der Waals surface area contributed by atoms with Gasteiger partial charge >= 0.3 is 0 Å². The maximum atomic E-state index is 9.10. The molecule has 2 heteroatoms. The normalized spacial score (nSPS) is 23.6. The number of nitrogens with zero attached hydrogens (tertiary/aromatic N) is 2. The molecular weight excluding hydrogens is 280 g/mol. The number of fused-ring (bicyclic) bond motifs is 2. The van der Waals surface area contributed by atoms with Crippen LogP contribution in [0.1, 0.15) is 35.1 Å². The van der Waals surface area contributed by atoms with Gasteiger partial charge in [0.25, 0.3) is 0 Å². The van der Waals surface area contributed by atoms with Crippen LogP contribution in [0.5, 0.6) is 0 Å². The van der Waals surface area contributed by atoms with Crippen LogP contribution in [0.4, 0.5) is 0 Å². The molecule has 2 nitrogen and oxygen atoms in total. The molecule has 1 aliphatic carbocycles. The molecule has 2 aliphatic heterocycles. The lowest BCUT2D eigenvalue weighted by atomic mass is 9.80. The van der Waals surface area contributed by atoms with Gasteiger partial charge in [-0.15, -0.1) is 0 Å². The van der Waals surface area contributed by atoms with Gasteiger partial charge in [0, 0.05) is 19.1 Å². The van der Waals surface area contributed by atoms with Gasteiger partial charge in [-0.25, -0.2) is 0 Å². The Labute approximate surface area is 138 Å². The van der Waals surface area contributed by atoms with Gasteiger partial charge in [0.15, 0.2) is 0 Å². The summed E-state index contributed by atoms with van der Waals surface area (Å²) in [6.07, 6.45) is 5.04. The maximum absolute atomic E-state index is 9.10. The van der Waals surface area contributed by atoms with Crippen LogP contribution in [0.2, 0.25) is 0 Å². The van der Waals surface area contributed by atoms with Crippen molar-refractivity contribution in [2.24, 2.45) is 5.92 Å². The molecule has 0 spiro atoms. The summed E-state index contributed by atoms with van der Waals surface area (Å²) in [5, 5.41) is 9.10. The first-order valence-corrected chi connectivity index (χ1v) is 8.61. The highest BCUT2D eigenvalue weighted by molar-refractivity contribution is 5.33. The van der Waals surface area contributed by atoms with E-state index in [4.69, 9.17) is 5.26 Å². The Balaban J connectivity index is 1.58.